The number of hydrogen-bond acceptors (Lipinski definition) is 8. The van der Waals surface area contributed by atoms with E-state index < -0.39 is 23.4 Å². The Balaban J connectivity index is 1.85. The first-order valence-corrected chi connectivity index (χ1v) is 9.16. The number of benzene rings is 3. The highest BCUT2D eigenvalue weighted by Gasteiger charge is 2.22. The predicted molar refractivity (Wildman–Crippen MR) is 110 cm³/mol. The predicted octanol–water partition coefficient (Wildman–Crippen LogP) is 3.87. The molecule has 0 atom stereocenters. The molecule has 0 aromatic heterocycles. The van der Waals surface area contributed by atoms with Crippen LogP contribution >= 0.6 is 0 Å². The summed E-state index contributed by atoms with van der Waals surface area (Å²) in [4.78, 5) is 25.0. The smallest absolute Gasteiger partial charge is 0.347 e. The van der Waals surface area contributed by atoms with E-state index in [-0.39, 0.29) is 39.7 Å². The molecule has 3 aromatic carbocycles. The zero-order valence-electron chi connectivity index (χ0n) is 17.0. The van der Waals surface area contributed by atoms with Crippen LogP contribution in [0, 0.1) is 20.8 Å². The molecule has 4 N–H and O–H groups in total. The summed E-state index contributed by atoms with van der Waals surface area (Å²) in [6, 6.07) is 9.04. The third-order valence-electron chi connectivity index (χ3n) is 4.45. The van der Waals surface area contributed by atoms with E-state index in [1.807, 2.05) is 0 Å². The van der Waals surface area contributed by atoms with Crippen LogP contribution < -0.4 is 9.47 Å². The van der Waals surface area contributed by atoms with Gasteiger partial charge >= 0.3 is 11.9 Å². The number of carbonyl (C=O) groups excluding carboxylic acids is 2. The molecule has 160 valence electrons. The molecule has 0 spiro atoms. The zero-order valence-corrected chi connectivity index (χ0v) is 17.0. The van der Waals surface area contributed by atoms with Crippen LogP contribution in [0.2, 0.25) is 0 Å². The van der Waals surface area contributed by atoms with Crippen molar-refractivity contribution >= 4 is 11.9 Å². The van der Waals surface area contributed by atoms with Gasteiger partial charge in [-0.25, -0.2) is 9.59 Å². The van der Waals surface area contributed by atoms with Crippen molar-refractivity contribution < 1.29 is 39.5 Å². The first-order chi connectivity index (χ1) is 14.5. The molecule has 8 nitrogen and oxygen atoms in total. The summed E-state index contributed by atoms with van der Waals surface area (Å²) in [5.74, 6) is -2.92. The van der Waals surface area contributed by atoms with Crippen molar-refractivity contribution in [1.29, 1.82) is 0 Å². The first kappa shape index (κ1) is 21.5. The van der Waals surface area contributed by atoms with Crippen molar-refractivity contribution in [2.75, 3.05) is 0 Å². The lowest BCUT2D eigenvalue weighted by atomic mass is 10.1. The summed E-state index contributed by atoms with van der Waals surface area (Å²) in [5.41, 5.74) is 0.974. The van der Waals surface area contributed by atoms with Gasteiger partial charge in [0.1, 0.15) is 45.6 Å². The lowest BCUT2D eigenvalue weighted by molar-refractivity contribution is 0.0726. The minimum absolute atomic E-state index is 0.0587. The molecule has 0 saturated carbocycles. The van der Waals surface area contributed by atoms with Crippen LogP contribution in [0.25, 0.3) is 0 Å². The van der Waals surface area contributed by atoms with Crippen molar-refractivity contribution in [2.45, 2.75) is 20.8 Å². The Morgan fingerprint density at radius 3 is 1.61 bits per heavy atom. The number of phenolic OH excluding ortho intramolecular Hbond substituents is 4. The van der Waals surface area contributed by atoms with Crippen LogP contribution in [0.4, 0.5) is 0 Å². The summed E-state index contributed by atoms with van der Waals surface area (Å²) in [5, 5.41) is 39.4. The largest absolute Gasteiger partial charge is 0.508 e. The Labute approximate surface area is 177 Å². The van der Waals surface area contributed by atoms with Gasteiger partial charge in [0.05, 0.1) is 0 Å². The van der Waals surface area contributed by atoms with Gasteiger partial charge in [0.2, 0.25) is 0 Å². The summed E-state index contributed by atoms with van der Waals surface area (Å²) in [6.45, 7) is 4.75. The maximum Gasteiger partial charge on any atom is 0.347 e. The lowest BCUT2D eigenvalue weighted by Gasteiger charge is -2.13. The quantitative estimate of drug-likeness (QED) is 0.366. The van der Waals surface area contributed by atoms with Crippen LogP contribution in [0.3, 0.4) is 0 Å². The molecule has 0 aliphatic rings. The van der Waals surface area contributed by atoms with E-state index in [9.17, 15) is 30.0 Å². The molecule has 0 fully saturated rings. The van der Waals surface area contributed by atoms with Gasteiger partial charge < -0.3 is 29.9 Å². The molecule has 0 saturated heterocycles. The molecule has 0 radical (unpaired) electrons. The maximum absolute atomic E-state index is 12.5. The monoisotopic (exact) mass is 424 g/mol. The molecule has 31 heavy (non-hydrogen) atoms. The Morgan fingerprint density at radius 1 is 0.613 bits per heavy atom. The van der Waals surface area contributed by atoms with Crippen molar-refractivity contribution in [1.82, 2.24) is 0 Å². The summed E-state index contributed by atoms with van der Waals surface area (Å²) < 4.78 is 10.5. The Hall–Kier alpha value is -4.20. The van der Waals surface area contributed by atoms with E-state index in [2.05, 4.69) is 0 Å². The number of aromatic hydroxyl groups is 4. The van der Waals surface area contributed by atoms with Crippen LogP contribution in [-0.2, 0) is 0 Å². The Kier molecular flexibility index (Phi) is 5.74. The average molecular weight is 424 g/mol. The highest BCUT2D eigenvalue weighted by molar-refractivity contribution is 5.97. The molecule has 0 amide bonds. The fraction of sp³-hybridized carbons (Fsp3) is 0.130. The van der Waals surface area contributed by atoms with Gasteiger partial charge in [-0.05, 0) is 61.7 Å². The normalized spacial score (nSPS) is 10.5. The zero-order chi connectivity index (χ0) is 22.9. The van der Waals surface area contributed by atoms with Crippen molar-refractivity contribution in [2.24, 2.45) is 0 Å². The van der Waals surface area contributed by atoms with Crippen molar-refractivity contribution in [3.8, 4) is 34.5 Å². The molecular weight excluding hydrogens is 404 g/mol. The van der Waals surface area contributed by atoms with Gasteiger partial charge in [0.25, 0.3) is 0 Å². The number of phenols is 4. The van der Waals surface area contributed by atoms with Gasteiger partial charge in [-0.2, -0.15) is 0 Å². The molecule has 0 bridgehead atoms. The molecule has 0 aliphatic carbocycles. The summed E-state index contributed by atoms with van der Waals surface area (Å²) in [7, 11) is 0. The number of esters is 2. The number of carbonyl (C=O) groups is 2. The van der Waals surface area contributed by atoms with Gasteiger partial charge in [-0.3, -0.25) is 0 Å². The second-order valence-corrected chi connectivity index (χ2v) is 7.07. The molecular formula is C23H20O8. The molecule has 0 heterocycles. The number of hydrogen-bond donors (Lipinski definition) is 4. The van der Waals surface area contributed by atoms with E-state index in [1.54, 1.807) is 13.0 Å². The summed E-state index contributed by atoms with van der Waals surface area (Å²) in [6.07, 6.45) is 0. The van der Waals surface area contributed by atoms with E-state index >= 15 is 0 Å². The molecule has 3 aromatic rings. The van der Waals surface area contributed by atoms with Gasteiger partial charge in [0, 0.05) is 18.2 Å². The number of rotatable bonds is 4. The fourth-order valence-corrected chi connectivity index (χ4v) is 3.18. The third kappa shape index (κ3) is 4.69. The highest BCUT2D eigenvalue weighted by Crippen LogP contribution is 2.32. The standard InChI is InChI=1S/C23H20O8/c1-11-4-14(24)8-16(5-11)30-23(29)21-13(3)7-17(10-19(21)27)31-22(28)20-12(2)6-15(25)9-18(20)26/h4-10,24-27H,1-3H3. The van der Waals surface area contributed by atoms with Crippen LogP contribution in [0.1, 0.15) is 37.4 Å². The van der Waals surface area contributed by atoms with E-state index in [0.717, 1.165) is 12.1 Å². The van der Waals surface area contributed by atoms with E-state index in [1.165, 1.54) is 38.1 Å². The minimum Gasteiger partial charge on any atom is -0.508 e. The van der Waals surface area contributed by atoms with Crippen molar-refractivity contribution in [3.05, 3.63) is 70.3 Å². The second kappa shape index (κ2) is 8.27. The highest BCUT2D eigenvalue weighted by atomic mass is 16.5. The molecule has 0 aliphatic heterocycles. The minimum atomic E-state index is -0.903. The van der Waals surface area contributed by atoms with Gasteiger partial charge in [-0.1, -0.05) is 0 Å². The third-order valence-corrected chi connectivity index (χ3v) is 4.45. The maximum atomic E-state index is 12.5. The molecule has 0 unspecified atom stereocenters. The first-order valence-electron chi connectivity index (χ1n) is 9.16. The van der Waals surface area contributed by atoms with Gasteiger partial charge in [0.15, 0.2) is 0 Å². The number of ether oxygens (including phenoxy) is 2. The van der Waals surface area contributed by atoms with E-state index in [4.69, 9.17) is 9.47 Å². The Morgan fingerprint density at radius 2 is 1.10 bits per heavy atom. The SMILES string of the molecule is Cc1cc(O)cc(OC(=O)c2c(C)cc(OC(=O)c3c(C)cc(O)cc3O)cc2O)c1. The average Bonchev–Trinajstić information content (AvgIpc) is 2.58. The molecule has 8 heteroatoms. The summed E-state index contributed by atoms with van der Waals surface area (Å²) >= 11 is 0. The lowest BCUT2D eigenvalue weighted by Crippen LogP contribution is -2.13. The molecule has 3 rings (SSSR count). The van der Waals surface area contributed by atoms with Gasteiger partial charge in [-0.15, -0.1) is 0 Å². The van der Waals surface area contributed by atoms with Crippen LogP contribution in [0.15, 0.2) is 42.5 Å². The number of aryl methyl sites for hydroxylation is 3. The van der Waals surface area contributed by atoms with Crippen LogP contribution in [0.5, 0.6) is 34.5 Å². The Bertz CT molecular complexity index is 1130. The second-order valence-electron chi connectivity index (χ2n) is 7.07. The van der Waals surface area contributed by atoms with Crippen molar-refractivity contribution in [3.63, 3.8) is 0 Å². The van der Waals surface area contributed by atoms with E-state index in [0.29, 0.717) is 11.1 Å². The van der Waals surface area contributed by atoms with Crippen LogP contribution in [-0.4, -0.2) is 32.4 Å². The topological polar surface area (TPSA) is 134 Å². The fourth-order valence-electron chi connectivity index (χ4n) is 3.18.